The number of halogens is 2. The Morgan fingerprint density at radius 3 is 2.36 bits per heavy atom. The van der Waals surface area contributed by atoms with Crippen LogP contribution < -0.4 is 0 Å². The highest BCUT2D eigenvalue weighted by molar-refractivity contribution is 5.87. The van der Waals surface area contributed by atoms with Crippen molar-refractivity contribution in [3.05, 3.63) is 35.4 Å². The SMILES string of the molecule is [O]C(=O)c1cc(F)ccc1F. The van der Waals surface area contributed by atoms with Crippen molar-refractivity contribution in [1.82, 2.24) is 0 Å². The predicted octanol–water partition coefficient (Wildman–Crippen LogP) is 1.54. The topological polar surface area (TPSA) is 37.0 Å². The quantitative estimate of drug-likeness (QED) is 0.609. The van der Waals surface area contributed by atoms with Crippen molar-refractivity contribution in [3.63, 3.8) is 0 Å². The summed E-state index contributed by atoms with van der Waals surface area (Å²) >= 11 is 0. The van der Waals surface area contributed by atoms with Crippen LogP contribution in [0.2, 0.25) is 0 Å². The molecule has 0 saturated heterocycles. The molecule has 4 heteroatoms. The summed E-state index contributed by atoms with van der Waals surface area (Å²) in [6, 6.07) is 2.15. The van der Waals surface area contributed by atoms with Crippen molar-refractivity contribution in [1.29, 1.82) is 0 Å². The summed E-state index contributed by atoms with van der Waals surface area (Å²) < 4.78 is 24.7. The summed E-state index contributed by atoms with van der Waals surface area (Å²) in [7, 11) is 0. The predicted molar refractivity (Wildman–Crippen MR) is 31.4 cm³/mol. The van der Waals surface area contributed by atoms with E-state index in [9.17, 15) is 18.7 Å². The van der Waals surface area contributed by atoms with Crippen molar-refractivity contribution in [2.45, 2.75) is 0 Å². The van der Waals surface area contributed by atoms with E-state index in [0.29, 0.717) is 6.07 Å². The lowest BCUT2D eigenvalue weighted by molar-refractivity contribution is 0.0567. The maximum Gasteiger partial charge on any atom is 0.389 e. The minimum Gasteiger partial charge on any atom is -0.241 e. The summed E-state index contributed by atoms with van der Waals surface area (Å²) in [4.78, 5) is 10.1. The van der Waals surface area contributed by atoms with E-state index in [4.69, 9.17) is 0 Å². The monoisotopic (exact) mass is 157 g/mol. The van der Waals surface area contributed by atoms with Gasteiger partial charge < -0.3 is 0 Å². The number of hydrogen-bond donors (Lipinski definition) is 0. The lowest BCUT2D eigenvalue weighted by Gasteiger charge is -1.93. The number of benzene rings is 1. The summed E-state index contributed by atoms with van der Waals surface area (Å²) in [5.74, 6) is -3.51. The zero-order valence-corrected chi connectivity index (χ0v) is 5.30. The van der Waals surface area contributed by atoms with Gasteiger partial charge in [0.2, 0.25) is 0 Å². The van der Waals surface area contributed by atoms with Crippen molar-refractivity contribution in [2.75, 3.05) is 0 Å². The highest BCUT2D eigenvalue weighted by Gasteiger charge is 2.11. The molecule has 57 valence electrons. The lowest BCUT2D eigenvalue weighted by atomic mass is 10.2. The molecule has 0 spiro atoms. The molecule has 2 nitrogen and oxygen atoms in total. The summed E-state index contributed by atoms with van der Waals surface area (Å²) in [6.07, 6.45) is 0. The van der Waals surface area contributed by atoms with Crippen molar-refractivity contribution >= 4 is 5.97 Å². The molecule has 1 aromatic carbocycles. The van der Waals surface area contributed by atoms with Crippen LogP contribution in [0.4, 0.5) is 8.78 Å². The van der Waals surface area contributed by atoms with E-state index >= 15 is 0 Å². The zero-order chi connectivity index (χ0) is 8.43. The van der Waals surface area contributed by atoms with Crippen LogP contribution in [-0.2, 0) is 5.11 Å². The van der Waals surface area contributed by atoms with Crippen LogP contribution in [0.15, 0.2) is 18.2 Å². The maximum absolute atomic E-state index is 12.4. The van der Waals surface area contributed by atoms with Gasteiger partial charge in [0.1, 0.15) is 17.2 Å². The number of hydrogen-bond acceptors (Lipinski definition) is 1. The Kier molecular flexibility index (Phi) is 1.85. The lowest BCUT2D eigenvalue weighted by Crippen LogP contribution is -1.98. The molecule has 0 aromatic heterocycles. The normalized spacial score (nSPS) is 9.64. The Hall–Kier alpha value is -1.45. The van der Waals surface area contributed by atoms with Gasteiger partial charge in [0.25, 0.3) is 0 Å². The molecule has 0 unspecified atom stereocenters. The van der Waals surface area contributed by atoms with Gasteiger partial charge in [-0.15, -0.1) is 0 Å². The van der Waals surface area contributed by atoms with Crippen molar-refractivity contribution in [2.24, 2.45) is 0 Å². The molecule has 0 atom stereocenters. The largest absolute Gasteiger partial charge is 0.389 e. The molecule has 0 N–H and O–H groups in total. The first kappa shape index (κ1) is 7.65. The molecular weight excluding hydrogens is 154 g/mol. The third kappa shape index (κ3) is 1.52. The molecule has 0 fully saturated rings. The average molecular weight is 157 g/mol. The molecule has 0 amide bonds. The smallest absolute Gasteiger partial charge is 0.241 e. The van der Waals surface area contributed by atoms with E-state index in [0.717, 1.165) is 12.1 Å². The van der Waals surface area contributed by atoms with E-state index in [1.807, 2.05) is 0 Å². The van der Waals surface area contributed by atoms with Crippen molar-refractivity contribution in [3.8, 4) is 0 Å². The fourth-order valence-electron chi connectivity index (χ4n) is 0.654. The first-order valence-electron chi connectivity index (χ1n) is 2.77. The van der Waals surface area contributed by atoms with Gasteiger partial charge in [-0.2, -0.15) is 0 Å². The van der Waals surface area contributed by atoms with Gasteiger partial charge in [-0.25, -0.2) is 18.7 Å². The maximum atomic E-state index is 12.4. The van der Waals surface area contributed by atoms with E-state index in [-0.39, 0.29) is 0 Å². The van der Waals surface area contributed by atoms with E-state index < -0.39 is 23.2 Å². The second-order valence-electron chi connectivity index (χ2n) is 1.91. The Bertz CT molecular complexity index is 296. The number of rotatable bonds is 1. The average Bonchev–Trinajstić information content (AvgIpc) is 1.94. The third-order valence-corrected chi connectivity index (χ3v) is 1.15. The molecule has 0 heterocycles. The first-order chi connectivity index (χ1) is 5.11. The molecule has 1 rings (SSSR count). The van der Waals surface area contributed by atoms with Crippen LogP contribution in [0.25, 0.3) is 0 Å². The molecule has 0 aliphatic heterocycles. The van der Waals surface area contributed by atoms with Gasteiger partial charge in [0.05, 0.1) is 0 Å². The first-order valence-corrected chi connectivity index (χ1v) is 2.77. The van der Waals surface area contributed by atoms with Gasteiger partial charge in [-0.05, 0) is 18.2 Å². The summed E-state index contributed by atoms with van der Waals surface area (Å²) in [5.41, 5.74) is -0.759. The van der Waals surface area contributed by atoms with Gasteiger partial charge in [0.15, 0.2) is 0 Å². The highest BCUT2D eigenvalue weighted by Crippen LogP contribution is 2.08. The molecular formula is C7H3F2O2. The molecule has 0 aliphatic rings. The molecule has 0 bridgehead atoms. The molecule has 0 saturated carbocycles. The van der Waals surface area contributed by atoms with Crippen LogP contribution in [0.5, 0.6) is 0 Å². The fraction of sp³-hybridized carbons (Fsp3) is 0. The van der Waals surface area contributed by atoms with E-state index in [2.05, 4.69) is 0 Å². The van der Waals surface area contributed by atoms with Gasteiger partial charge in [-0.1, -0.05) is 0 Å². The third-order valence-electron chi connectivity index (χ3n) is 1.15. The molecule has 1 radical (unpaired) electrons. The zero-order valence-electron chi connectivity index (χ0n) is 5.30. The van der Waals surface area contributed by atoms with Crippen LogP contribution in [0, 0.1) is 11.6 Å². The van der Waals surface area contributed by atoms with E-state index in [1.54, 1.807) is 0 Å². The number of carbonyl (C=O) groups excluding carboxylic acids is 1. The Morgan fingerprint density at radius 1 is 1.27 bits per heavy atom. The van der Waals surface area contributed by atoms with Crippen molar-refractivity contribution < 1.29 is 18.7 Å². The second kappa shape index (κ2) is 2.65. The van der Waals surface area contributed by atoms with Crippen LogP contribution in [0.1, 0.15) is 10.4 Å². The summed E-state index contributed by atoms with van der Waals surface area (Å²) in [6.45, 7) is 0. The minimum atomic E-state index is -1.72. The Labute approximate surface area is 61.1 Å². The highest BCUT2D eigenvalue weighted by atomic mass is 19.1. The van der Waals surface area contributed by atoms with E-state index in [1.165, 1.54) is 0 Å². The summed E-state index contributed by atoms with van der Waals surface area (Å²) in [5, 5.41) is 10.1. The van der Waals surface area contributed by atoms with Crippen LogP contribution in [0.3, 0.4) is 0 Å². The van der Waals surface area contributed by atoms with Gasteiger partial charge in [-0.3, -0.25) is 0 Å². The Morgan fingerprint density at radius 2 is 1.91 bits per heavy atom. The molecule has 11 heavy (non-hydrogen) atoms. The van der Waals surface area contributed by atoms with Crippen LogP contribution in [-0.4, -0.2) is 5.97 Å². The standard InChI is InChI=1S/C7H3F2O2/c8-4-1-2-6(9)5(3-4)7(10)11/h1-3H. The number of carbonyl (C=O) groups is 1. The second-order valence-corrected chi connectivity index (χ2v) is 1.91. The molecule has 0 aliphatic carbocycles. The van der Waals surface area contributed by atoms with Gasteiger partial charge >= 0.3 is 5.97 Å². The Balaban J connectivity index is 3.23. The van der Waals surface area contributed by atoms with Crippen LogP contribution >= 0.6 is 0 Å². The minimum absolute atomic E-state index is 0.574. The van der Waals surface area contributed by atoms with Gasteiger partial charge in [0, 0.05) is 0 Å². The molecule has 1 aromatic rings. The fourth-order valence-corrected chi connectivity index (χ4v) is 0.654.